The lowest BCUT2D eigenvalue weighted by molar-refractivity contribution is -0.384. The van der Waals surface area contributed by atoms with Gasteiger partial charge in [-0.15, -0.1) is 11.6 Å². The van der Waals surface area contributed by atoms with Gasteiger partial charge in [0.25, 0.3) is 5.69 Å². The normalized spacial score (nSPS) is 14.6. The van der Waals surface area contributed by atoms with E-state index in [0.717, 1.165) is 0 Å². The number of aliphatic hydroxyl groups excluding tert-OH is 2. The van der Waals surface area contributed by atoms with Crippen LogP contribution in [0, 0.1) is 10.1 Å². The fourth-order valence-electron chi connectivity index (χ4n) is 1.64. The maximum absolute atomic E-state index is 10.6. The van der Waals surface area contributed by atoms with E-state index in [4.69, 9.17) is 11.6 Å². The van der Waals surface area contributed by atoms with E-state index in [0.29, 0.717) is 10.9 Å². The van der Waals surface area contributed by atoms with Gasteiger partial charge in [0.15, 0.2) is 0 Å². The zero-order valence-electron chi connectivity index (χ0n) is 9.08. The van der Waals surface area contributed by atoms with Gasteiger partial charge in [-0.1, -0.05) is 0 Å². The molecule has 7 nitrogen and oxygen atoms in total. The van der Waals surface area contributed by atoms with Crippen LogP contribution in [0.4, 0.5) is 5.69 Å². The Hall–Kier alpha value is -1.70. The molecule has 1 aromatic carbocycles. The SMILES string of the molecule is O=[N+]([O-])c1ccc2c(C(O)C(O)CCl)[nH]nc2c1. The van der Waals surface area contributed by atoms with Crippen LogP contribution in [0.5, 0.6) is 0 Å². The molecule has 18 heavy (non-hydrogen) atoms. The van der Waals surface area contributed by atoms with E-state index in [9.17, 15) is 20.3 Å². The molecule has 0 saturated carbocycles. The predicted octanol–water partition coefficient (Wildman–Crippen LogP) is 1.10. The minimum atomic E-state index is -1.21. The van der Waals surface area contributed by atoms with Crippen LogP contribution in [-0.2, 0) is 0 Å². The number of alkyl halides is 1. The highest BCUT2D eigenvalue weighted by atomic mass is 35.5. The van der Waals surface area contributed by atoms with Crippen molar-refractivity contribution in [2.45, 2.75) is 12.2 Å². The lowest BCUT2D eigenvalue weighted by atomic mass is 10.1. The number of nitro groups is 1. The van der Waals surface area contributed by atoms with Crippen molar-refractivity contribution in [1.82, 2.24) is 10.2 Å². The van der Waals surface area contributed by atoms with Crippen molar-refractivity contribution in [3.05, 3.63) is 34.0 Å². The van der Waals surface area contributed by atoms with Gasteiger partial charge >= 0.3 is 0 Å². The Morgan fingerprint density at radius 3 is 2.83 bits per heavy atom. The van der Waals surface area contributed by atoms with Crippen molar-refractivity contribution in [1.29, 1.82) is 0 Å². The third kappa shape index (κ3) is 2.15. The number of fused-ring (bicyclic) bond motifs is 1. The second-order valence-corrected chi connectivity index (χ2v) is 4.07. The molecule has 1 heterocycles. The summed E-state index contributed by atoms with van der Waals surface area (Å²) in [6, 6.07) is 4.06. The first-order valence-electron chi connectivity index (χ1n) is 5.09. The van der Waals surface area contributed by atoms with Gasteiger partial charge in [-0.3, -0.25) is 15.2 Å². The summed E-state index contributed by atoms with van der Waals surface area (Å²) in [6.07, 6.45) is -2.35. The van der Waals surface area contributed by atoms with Crippen LogP contribution in [0.3, 0.4) is 0 Å². The number of aliphatic hydroxyl groups is 2. The Labute approximate surface area is 106 Å². The summed E-state index contributed by atoms with van der Waals surface area (Å²) in [4.78, 5) is 10.1. The van der Waals surface area contributed by atoms with E-state index >= 15 is 0 Å². The molecule has 0 saturated heterocycles. The summed E-state index contributed by atoms with van der Waals surface area (Å²) in [7, 11) is 0. The first kappa shape index (κ1) is 12.7. The molecule has 2 atom stereocenters. The van der Waals surface area contributed by atoms with Gasteiger partial charge in [0.1, 0.15) is 6.10 Å². The van der Waals surface area contributed by atoms with E-state index in [1.165, 1.54) is 18.2 Å². The van der Waals surface area contributed by atoms with Gasteiger partial charge in [-0.25, -0.2) is 0 Å². The van der Waals surface area contributed by atoms with Crippen LogP contribution < -0.4 is 0 Å². The molecule has 8 heteroatoms. The standard InChI is InChI=1S/C10H10ClN3O4/c11-4-8(15)10(16)9-6-2-1-5(14(17)18)3-7(6)12-13-9/h1-3,8,10,15-16H,4H2,(H,12,13). The van der Waals surface area contributed by atoms with E-state index in [-0.39, 0.29) is 17.3 Å². The topological polar surface area (TPSA) is 112 Å². The van der Waals surface area contributed by atoms with Gasteiger partial charge in [0.05, 0.1) is 28.1 Å². The zero-order chi connectivity index (χ0) is 13.3. The number of hydrogen-bond donors (Lipinski definition) is 3. The number of aromatic nitrogens is 2. The van der Waals surface area contributed by atoms with E-state index in [1.54, 1.807) is 0 Å². The first-order valence-corrected chi connectivity index (χ1v) is 5.62. The lowest BCUT2D eigenvalue weighted by Crippen LogP contribution is -2.20. The summed E-state index contributed by atoms with van der Waals surface area (Å²) >= 11 is 5.45. The van der Waals surface area contributed by atoms with Crippen molar-refractivity contribution in [2.75, 3.05) is 5.88 Å². The van der Waals surface area contributed by atoms with Gasteiger partial charge in [0, 0.05) is 17.5 Å². The Balaban J connectivity index is 2.46. The number of nitrogens with zero attached hydrogens (tertiary/aromatic N) is 2. The molecule has 0 amide bonds. The van der Waals surface area contributed by atoms with Crippen molar-refractivity contribution >= 4 is 28.2 Å². The molecule has 96 valence electrons. The molecule has 0 aliphatic carbocycles. The van der Waals surface area contributed by atoms with Gasteiger partial charge in [-0.2, -0.15) is 5.10 Å². The molecule has 0 radical (unpaired) electrons. The third-order valence-electron chi connectivity index (χ3n) is 2.60. The molecule has 3 N–H and O–H groups in total. The van der Waals surface area contributed by atoms with Crippen molar-refractivity contribution in [3.8, 4) is 0 Å². The van der Waals surface area contributed by atoms with Crippen LogP contribution in [-0.4, -0.2) is 37.3 Å². The van der Waals surface area contributed by atoms with Crippen LogP contribution in [0.25, 0.3) is 10.9 Å². The number of H-pyrrole nitrogens is 1. The molecule has 0 fully saturated rings. The Morgan fingerprint density at radius 1 is 1.50 bits per heavy atom. The smallest absolute Gasteiger partial charge is 0.271 e. The fraction of sp³-hybridized carbons (Fsp3) is 0.300. The van der Waals surface area contributed by atoms with Crippen molar-refractivity contribution in [3.63, 3.8) is 0 Å². The second-order valence-electron chi connectivity index (χ2n) is 3.76. The number of rotatable bonds is 4. The molecule has 0 aliphatic rings. The summed E-state index contributed by atoms with van der Waals surface area (Å²) in [5.74, 6) is -0.130. The Morgan fingerprint density at radius 2 is 2.22 bits per heavy atom. The number of hydrogen-bond acceptors (Lipinski definition) is 5. The minimum Gasteiger partial charge on any atom is -0.389 e. The van der Waals surface area contributed by atoms with Crippen LogP contribution in [0.1, 0.15) is 11.8 Å². The van der Waals surface area contributed by atoms with Gasteiger partial charge < -0.3 is 10.2 Å². The minimum absolute atomic E-state index is 0.0899. The molecule has 0 bridgehead atoms. The molecule has 2 rings (SSSR count). The number of nitro benzene ring substituents is 1. The summed E-state index contributed by atoms with van der Waals surface area (Å²) in [5, 5.41) is 36.8. The Bertz CT molecular complexity index is 586. The maximum atomic E-state index is 10.6. The molecule has 2 unspecified atom stereocenters. The third-order valence-corrected chi connectivity index (χ3v) is 2.91. The van der Waals surface area contributed by atoms with E-state index < -0.39 is 17.1 Å². The van der Waals surface area contributed by atoms with Gasteiger partial charge in [0.2, 0.25) is 0 Å². The predicted molar refractivity (Wildman–Crippen MR) is 64.4 cm³/mol. The van der Waals surface area contributed by atoms with Crippen molar-refractivity contribution < 1.29 is 15.1 Å². The van der Waals surface area contributed by atoms with Crippen LogP contribution in [0.15, 0.2) is 18.2 Å². The van der Waals surface area contributed by atoms with E-state index in [1.807, 2.05) is 0 Å². The average Bonchev–Trinajstić information content (AvgIpc) is 2.79. The largest absolute Gasteiger partial charge is 0.389 e. The number of nitrogens with one attached hydrogen (secondary N) is 1. The number of benzene rings is 1. The molecule has 0 aliphatic heterocycles. The number of non-ortho nitro benzene ring substituents is 1. The average molecular weight is 272 g/mol. The quantitative estimate of drug-likeness (QED) is 0.438. The monoisotopic (exact) mass is 271 g/mol. The maximum Gasteiger partial charge on any atom is 0.271 e. The van der Waals surface area contributed by atoms with Crippen molar-refractivity contribution in [2.24, 2.45) is 0 Å². The lowest BCUT2D eigenvalue weighted by Gasteiger charge is -2.13. The second kappa shape index (κ2) is 4.89. The van der Waals surface area contributed by atoms with Crippen LogP contribution in [0.2, 0.25) is 0 Å². The molecular formula is C10H10ClN3O4. The highest BCUT2D eigenvalue weighted by Gasteiger charge is 2.22. The summed E-state index contributed by atoms with van der Waals surface area (Å²) in [6.45, 7) is 0. The van der Waals surface area contributed by atoms with Gasteiger partial charge in [-0.05, 0) is 6.07 Å². The molecule has 2 aromatic rings. The number of halogens is 1. The van der Waals surface area contributed by atoms with Crippen LogP contribution >= 0.6 is 11.6 Å². The highest BCUT2D eigenvalue weighted by Crippen LogP contribution is 2.27. The molecular weight excluding hydrogens is 262 g/mol. The first-order chi connectivity index (χ1) is 8.54. The summed E-state index contributed by atoms with van der Waals surface area (Å²) < 4.78 is 0. The fourth-order valence-corrected chi connectivity index (χ4v) is 1.81. The summed E-state index contributed by atoms with van der Waals surface area (Å²) in [5.41, 5.74) is 0.543. The Kier molecular flexibility index (Phi) is 3.46. The highest BCUT2D eigenvalue weighted by molar-refractivity contribution is 6.18. The van der Waals surface area contributed by atoms with E-state index in [2.05, 4.69) is 10.2 Å². The number of aromatic amines is 1. The zero-order valence-corrected chi connectivity index (χ0v) is 9.83. The molecule has 0 spiro atoms. The molecule has 1 aromatic heterocycles.